The summed E-state index contributed by atoms with van der Waals surface area (Å²) >= 11 is 9.28. The molecule has 5 heteroatoms. The van der Waals surface area contributed by atoms with Gasteiger partial charge in [-0.15, -0.1) is 0 Å². The van der Waals surface area contributed by atoms with E-state index in [-0.39, 0.29) is 6.04 Å². The summed E-state index contributed by atoms with van der Waals surface area (Å²) in [4.78, 5) is 0. The Balaban J connectivity index is 2.41. The second-order valence-electron chi connectivity index (χ2n) is 4.04. The van der Waals surface area contributed by atoms with Gasteiger partial charge < -0.3 is 10.5 Å². The summed E-state index contributed by atoms with van der Waals surface area (Å²) in [6.45, 7) is 0. The van der Waals surface area contributed by atoms with Crippen molar-refractivity contribution in [2.75, 3.05) is 7.11 Å². The Morgan fingerprint density at radius 3 is 2.53 bits per heavy atom. The Hall–Kier alpha value is -0.110. The number of benzene rings is 2. The van der Waals surface area contributed by atoms with Gasteiger partial charge in [0.2, 0.25) is 0 Å². The number of methoxy groups -OCH3 is 1. The minimum absolute atomic E-state index is 0.161. The summed E-state index contributed by atoms with van der Waals surface area (Å²) in [5.41, 5.74) is 8.51. The molecule has 0 aromatic heterocycles. The van der Waals surface area contributed by atoms with E-state index in [1.54, 1.807) is 7.11 Å². The molecule has 0 amide bonds. The minimum Gasteiger partial charge on any atom is -0.496 e. The predicted octanol–water partition coefficient (Wildman–Crippen LogP) is 4.87. The van der Waals surface area contributed by atoms with Gasteiger partial charge in [-0.25, -0.2) is 0 Å². The van der Waals surface area contributed by atoms with Crippen LogP contribution in [0.4, 0.5) is 0 Å². The number of halogens is 3. The fraction of sp³-hybridized carbons (Fsp3) is 0.143. The molecule has 0 heterocycles. The van der Waals surface area contributed by atoms with E-state index in [4.69, 9.17) is 10.5 Å². The molecule has 2 rings (SSSR count). The largest absolute Gasteiger partial charge is 0.496 e. The van der Waals surface area contributed by atoms with Gasteiger partial charge in [-0.3, -0.25) is 0 Å². The molecule has 2 N–H and O–H groups in total. The Kier molecular flexibility index (Phi) is 5.28. The standard InChI is InChI=1S/C14H12Br2INO/c1-19-13-5-2-8(6-11(13)16)14(18)10-7-9(15)3-4-12(10)17/h2-7,14H,18H2,1H3. The van der Waals surface area contributed by atoms with Crippen LogP contribution in [0.25, 0.3) is 0 Å². The van der Waals surface area contributed by atoms with Crippen LogP contribution in [0.2, 0.25) is 0 Å². The van der Waals surface area contributed by atoms with Gasteiger partial charge in [-0.1, -0.05) is 22.0 Å². The highest BCUT2D eigenvalue weighted by atomic mass is 127. The molecule has 2 aromatic carbocycles. The first-order valence-electron chi connectivity index (χ1n) is 5.57. The van der Waals surface area contributed by atoms with Crippen molar-refractivity contribution in [3.05, 3.63) is 60.0 Å². The molecule has 0 fully saturated rings. The van der Waals surface area contributed by atoms with Crippen LogP contribution >= 0.6 is 54.5 Å². The third-order valence-corrected chi connectivity index (χ3v) is 4.92. The molecule has 0 saturated heterocycles. The van der Waals surface area contributed by atoms with E-state index < -0.39 is 0 Å². The first kappa shape index (κ1) is 15.3. The lowest BCUT2D eigenvalue weighted by Crippen LogP contribution is -2.13. The lowest BCUT2D eigenvalue weighted by molar-refractivity contribution is 0.412. The average Bonchev–Trinajstić information content (AvgIpc) is 2.40. The van der Waals surface area contributed by atoms with E-state index >= 15 is 0 Å². The second-order valence-corrected chi connectivity index (χ2v) is 6.97. The highest BCUT2D eigenvalue weighted by molar-refractivity contribution is 14.1. The van der Waals surface area contributed by atoms with Crippen molar-refractivity contribution in [1.29, 1.82) is 0 Å². The Morgan fingerprint density at radius 1 is 1.16 bits per heavy atom. The Bertz CT molecular complexity index is 604. The molecule has 0 aliphatic heterocycles. The summed E-state index contributed by atoms with van der Waals surface area (Å²) < 4.78 is 8.33. The predicted molar refractivity (Wildman–Crippen MR) is 93.6 cm³/mol. The van der Waals surface area contributed by atoms with Crippen molar-refractivity contribution >= 4 is 54.5 Å². The molecule has 1 atom stereocenters. The van der Waals surface area contributed by atoms with Gasteiger partial charge in [-0.2, -0.15) is 0 Å². The van der Waals surface area contributed by atoms with Gasteiger partial charge in [0.15, 0.2) is 0 Å². The zero-order valence-corrected chi connectivity index (χ0v) is 15.5. The second kappa shape index (κ2) is 6.56. The monoisotopic (exact) mass is 495 g/mol. The summed E-state index contributed by atoms with van der Waals surface area (Å²) in [6.07, 6.45) is 0. The zero-order chi connectivity index (χ0) is 14.0. The quantitative estimate of drug-likeness (QED) is 0.615. The molecule has 100 valence electrons. The highest BCUT2D eigenvalue weighted by Gasteiger charge is 2.14. The maximum Gasteiger partial charge on any atom is 0.133 e. The molecule has 1 unspecified atom stereocenters. The normalized spacial score (nSPS) is 12.3. The van der Waals surface area contributed by atoms with Gasteiger partial charge >= 0.3 is 0 Å². The van der Waals surface area contributed by atoms with Crippen LogP contribution in [0.15, 0.2) is 45.3 Å². The summed E-state index contributed by atoms with van der Waals surface area (Å²) in [5.74, 6) is 0.805. The summed E-state index contributed by atoms with van der Waals surface area (Å²) in [6, 6.07) is 11.9. The minimum atomic E-state index is -0.161. The smallest absolute Gasteiger partial charge is 0.133 e. The Labute approximate surface area is 143 Å². The van der Waals surface area contributed by atoms with Crippen LogP contribution in [-0.2, 0) is 0 Å². The van der Waals surface area contributed by atoms with Crippen LogP contribution in [-0.4, -0.2) is 7.11 Å². The lowest BCUT2D eigenvalue weighted by Gasteiger charge is -2.16. The third kappa shape index (κ3) is 3.51. The van der Waals surface area contributed by atoms with E-state index in [1.807, 2.05) is 24.3 Å². The number of rotatable bonds is 3. The Morgan fingerprint density at radius 2 is 1.89 bits per heavy atom. The van der Waals surface area contributed by atoms with Crippen LogP contribution in [0.1, 0.15) is 17.2 Å². The molecule has 0 aliphatic rings. The molecular formula is C14H12Br2INO. The van der Waals surface area contributed by atoms with Gasteiger partial charge in [0.25, 0.3) is 0 Å². The van der Waals surface area contributed by atoms with Crippen molar-refractivity contribution in [3.63, 3.8) is 0 Å². The first-order valence-corrected chi connectivity index (χ1v) is 8.23. The molecule has 0 spiro atoms. The average molecular weight is 497 g/mol. The van der Waals surface area contributed by atoms with E-state index in [2.05, 4.69) is 66.6 Å². The fourth-order valence-corrected chi connectivity index (χ4v) is 3.42. The van der Waals surface area contributed by atoms with Crippen LogP contribution in [0, 0.1) is 3.57 Å². The summed E-state index contributed by atoms with van der Waals surface area (Å²) in [7, 11) is 1.65. The molecule has 19 heavy (non-hydrogen) atoms. The van der Waals surface area contributed by atoms with Crippen molar-refractivity contribution in [2.24, 2.45) is 5.73 Å². The number of hydrogen-bond donors (Lipinski definition) is 1. The van der Waals surface area contributed by atoms with Crippen LogP contribution in [0.5, 0.6) is 5.75 Å². The maximum atomic E-state index is 6.36. The lowest BCUT2D eigenvalue weighted by atomic mass is 10.00. The SMILES string of the molecule is COc1ccc(C(N)c2cc(Br)ccc2I)cc1Br. The molecule has 2 aromatic rings. The van der Waals surface area contributed by atoms with Gasteiger partial charge in [0.1, 0.15) is 5.75 Å². The third-order valence-electron chi connectivity index (χ3n) is 2.83. The zero-order valence-electron chi connectivity index (χ0n) is 10.2. The van der Waals surface area contributed by atoms with Crippen molar-refractivity contribution in [2.45, 2.75) is 6.04 Å². The molecular weight excluding hydrogens is 485 g/mol. The number of nitrogens with two attached hydrogens (primary N) is 1. The number of hydrogen-bond acceptors (Lipinski definition) is 2. The van der Waals surface area contributed by atoms with Gasteiger partial charge in [-0.05, 0) is 80.0 Å². The molecule has 0 radical (unpaired) electrons. The molecule has 0 bridgehead atoms. The van der Waals surface area contributed by atoms with E-state index in [9.17, 15) is 0 Å². The van der Waals surface area contributed by atoms with Gasteiger partial charge in [0, 0.05) is 8.04 Å². The van der Waals surface area contributed by atoms with Crippen molar-refractivity contribution < 1.29 is 4.74 Å². The van der Waals surface area contributed by atoms with Crippen molar-refractivity contribution in [1.82, 2.24) is 0 Å². The molecule has 2 nitrogen and oxygen atoms in total. The van der Waals surface area contributed by atoms with E-state index in [0.29, 0.717) is 0 Å². The van der Waals surface area contributed by atoms with E-state index in [0.717, 1.165) is 29.4 Å². The van der Waals surface area contributed by atoms with Crippen LogP contribution in [0.3, 0.4) is 0 Å². The molecule has 0 saturated carbocycles. The fourth-order valence-electron chi connectivity index (χ4n) is 1.81. The number of ether oxygens (including phenoxy) is 1. The van der Waals surface area contributed by atoms with Gasteiger partial charge in [0.05, 0.1) is 17.6 Å². The maximum absolute atomic E-state index is 6.36. The molecule has 0 aliphatic carbocycles. The van der Waals surface area contributed by atoms with E-state index in [1.165, 1.54) is 0 Å². The topological polar surface area (TPSA) is 35.2 Å². The summed E-state index contributed by atoms with van der Waals surface area (Å²) in [5, 5.41) is 0. The first-order chi connectivity index (χ1) is 9.02. The highest BCUT2D eigenvalue weighted by Crippen LogP contribution is 2.32. The van der Waals surface area contributed by atoms with Crippen molar-refractivity contribution in [3.8, 4) is 5.75 Å². The van der Waals surface area contributed by atoms with Crippen LogP contribution < -0.4 is 10.5 Å².